The first-order chi connectivity index (χ1) is 23.8. The molecule has 3 atom stereocenters. The van der Waals surface area contributed by atoms with E-state index < -0.39 is 10.8 Å². The molecule has 0 aromatic carbocycles. The Morgan fingerprint density at radius 2 is 1.07 bits per heavy atom. The van der Waals surface area contributed by atoms with E-state index in [-0.39, 0.29) is 80.7 Å². The van der Waals surface area contributed by atoms with Crippen LogP contribution >= 0.6 is 0 Å². The van der Waals surface area contributed by atoms with Crippen molar-refractivity contribution in [3.8, 4) is 6.07 Å². The zero-order valence-corrected chi connectivity index (χ0v) is 39.5. The highest BCUT2D eigenvalue weighted by atomic mass is 16.3. The number of rotatable bonds is 9. The second-order valence-electron chi connectivity index (χ2n) is 21.5. The smallest absolute Gasteiger partial charge is 0.228 e. The third kappa shape index (κ3) is 22.6. The lowest BCUT2D eigenvalue weighted by molar-refractivity contribution is -0.142. The standard InChI is InChI=1S/C15H30N2O.C14H27N3O.C14H30N2O2.3CH4/c1-14(2,3)13(18)16(7)11-12-9-8-10-17(12)15(4,5)6;1-13(2,3)12(18)16(7)10-11(9-15)17(8)14(4,5)6;1-13(2,3)12(18)16(8)11(10-17)9-15(7)14(4,5)6;;;/h12H,8-11H2,1-7H3;11H,10H2,1-8H3;11,17H,9-10H2,1-8H3;3*1H4. The fourth-order valence-electron chi connectivity index (χ4n) is 6.10. The van der Waals surface area contributed by atoms with Crippen LogP contribution in [0.5, 0.6) is 0 Å². The molecule has 3 amide bonds. The van der Waals surface area contributed by atoms with Crippen LogP contribution in [0, 0.1) is 27.6 Å². The fraction of sp³-hybridized carbons (Fsp3) is 0.913. The molecule has 1 aliphatic heterocycles. The van der Waals surface area contributed by atoms with E-state index in [4.69, 9.17) is 0 Å². The summed E-state index contributed by atoms with van der Waals surface area (Å²) in [5.41, 5.74) is -0.963. The first-order valence-corrected chi connectivity index (χ1v) is 19.8. The van der Waals surface area contributed by atoms with Crippen molar-refractivity contribution in [1.82, 2.24) is 29.4 Å². The molecular weight excluding hydrogens is 715 g/mol. The molecule has 1 saturated heterocycles. The lowest BCUT2D eigenvalue weighted by Crippen LogP contribution is -2.52. The molecule has 3 unspecified atom stereocenters. The molecule has 1 rings (SSSR count). The maximum Gasteiger partial charge on any atom is 0.228 e. The Morgan fingerprint density at radius 3 is 1.39 bits per heavy atom. The number of amides is 3. The molecule has 11 heteroatoms. The predicted molar refractivity (Wildman–Crippen MR) is 246 cm³/mol. The van der Waals surface area contributed by atoms with Crippen molar-refractivity contribution in [2.75, 3.05) is 68.0 Å². The van der Waals surface area contributed by atoms with Crippen LogP contribution in [-0.4, -0.2) is 155 Å². The summed E-state index contributed by atoms with van der Waals surface area (Å²) in [5.74, 6) is 0.358. The number of aliphatic hydroxyl groups excluding tert-OH is 1. The zero-order chi connectivity index (χ0) is 43.6. The van der Waals surface area contributed by atoms with Crippen LogP contribution in [-0.2, 0) is 14.4 Å². The lowest BCUT2D eigenvalue weighted by atomic mass is 9.94. The van der Waals surface area contributed by atoms with Crippen LogP contribution in [0.3, 0.4) is 0 Å². The van der Waals surface area contributed by atoms with Gasteiger partial charge in [0.05, 0.1) is 18.7 Å². The van der Waals surface area contributed by atoms with Gasteiger partial charge in [0.2, 0.25) is 17.7 Å². The summed E-state index contributed by atoms with van der Waals surface area (Å²) in [5, 5.41) is 18.8. The van der Waals surface area contributed by atoms with E-state index in [0.717, 1.165) is 13.1 Å². The molecule has 0 bridgehead atoms. The third-order valence-electron chi connectivity index (χ3n) is 10.2. The summed E-state index contributed by atoms with van der Waals surface area (Å²) >= 11 is 0. The third-order valence-corrected chi connectivity index (χ3v) is 10.2. The highest BCUT2D eigenvalue weighted by molar-refractivity contribution is 5.82. The van der Waals surface area contributed by atoms with E-state index in [1.807, 2.05) is 93.3 Å². The van der Waals surface area contributed by atoms with Crippen LogP contribution in [0.4, 0.5) is 0 Å². The van der Waals surface area contributed by atoms with Crippen LogP contribution in [0.2, 0.25) is 0 Å². The normalized spacial score (nSPS) is 16.2. The molecule has 11 nitrogen and oxygen atoms in total. The number of nitrogens with zero attached hydrogens (tertiary/aromatic N) is 7. The van der Waals surface area contributed by atoms with E-state index in [2.05, 4.69) is 78.2 Å². The van der Waals surface area contributed by atoms with E-state index >= 15 is 0 Å². The number of carbonyl (C=O) groups excluding carboxylic acids is 3. The minimum absolute atomic E-state index is 0. The molecule has 1 fully saturated rings. The quantitative estimate of drug-likeness (QED) is 0.247. The Kier molecular flexibility index (Phi) is 27.7. The number of likely N-dealkylation sites (N-methyl/N-ethyl adjacent to an activating group) is 5. The number of hydrogen-bond acceptors (Lipinski definition) is 8. The van der Waals surface area contributed by atoms with Crippen molar-refractivity contribution in [1.29, 1.82) is 5.26 Å². The summed E-state index contributed by atoms with van der Waals surface area (Å²) in [6.07, 6.45) is 2.46. The Morgan fingerprint density at radius 1 is 0.667 bits per heavy atom. The van der Waals surface area contributed by atoms with Gasteiger partial charge in [-0.2, -0.15) is 5.26 Å². The molecule has 1 aliphatic rings. The summed E-state index contributed by atoms with van der Waals surface area (Å²) < 4.78 is 0. The molecular formula is C46H99N7O4. The highest BCUT2D eigenvalue weighted by Crippen LogP contribution is 2.28. The topological polar surface area (TPSA) is 115 Å². The maximum absolute atomic E-state index is 12.2. The van der Waals surface area contributed by atoms with Crippen LogP contribution in [0.15, 0.2) is 0 Å². The molecule has 57 heavy (non-hydrogen) atoms. The van der Waals surface area contributed by atoms with Crippen molar-refractivity contribution < 1.29 is 19.5 Å². The van der Waals surface area contributed by atoms with Crippen molar-refractivity contribution in [3.05, 3.63) is 0 Å². The maximum atomic E-state index is 12.2. The summed E-state index contributed by atoms with van der Waals surface area (Å²) in [6.45, 7) is 39.7. The molecule has 0 radical (unpaired) electrons. The van der Waals surface area contributed by atoms with Crippen LogP contribution in [0.1, 0.15) is 160 Å². The van der Waals surface area contributed by atoms with Gasteiger partial charge in [-0.05, 0) is 95.8 Å². The Labute approximate surface area is 355 Å². The second-order valence-corrected chi connectivity index (χ2v) is 21.5. The van der Waals surface area contributed by atoms with Gasteiger partial charge in [0, 0.05) is 79.7 Å². The zero-order valence-electron chi connectivity index (χ0n) is 39.5. The molecule has 0 aromatic heterocycles. The van der Waals surface area contributed by atoms with Gasteiger partial charge in [-0.25, -0.2) is 0 Å². The van der Waals surface area contributed by atoms with Crippen molar-refractivity contribution in [2.24, 2.45) is 16.2 Å². The number of carbonyl (C=O) groups is 3. The Bertz CT molecular complexity index is 1200. The number of nitriles is 1. The largest absolute Gasteiger partial charge is 0.394 e. The molecule has 0 spiro atoms. The van der Waals surface area contributed by atoms with E-state index in [0.29, 0.717) is 19.1 Å². The van der Waals surface area contributed by atoms with Gasteiger partial charge in [-0.3, -0.25) is 29.1 Å². The number of aliphatic hydroxyl groups is 1. The van der Waals surface area contributed by atoms with Crippen LogP contribution in [0.25, 0.3) is 0 Å². The number of likely N-dealkylation sites (tertiary alicyclic amines) is 1. The predicted octanol–water partition coefficient (Wildman–Crippen LogP) is 8.36. The van der Waals surface area contributed by atoms with Gasteiger partial charge in [-0.1, -0.05) is 84.6 Å². The van der Waals surface area contributed by atoms with Gasteiger partial charge in [-0.15, -0.1) is 0 Å². The average molecular weight is 814 g/mol. The Balaban J connectivity index is -0.000000231. The SMILES string of the molecule is C.C.C.CN(C(=O)C(C)(C)C)C(CO)CN(C)C(C)(C)C.CN(CC(C#N)N(C)C(C)(C)C)C(=O)C(C)(C)C.CN(CC1CCCN1C(C)(C)C)C(=O)C(C)(C)C. The van der Waals surface area contributed by atoms with Crippen molar-refractivity contribution >= 4 is 17.7 Å². The number of hydrogen-bond donors (Lipinski definition) is 1. The first-order valence-electron chi connectivity index (χ1n) is 19.8. The van der Waals surface area contributed by atoms with E-state index in [1.165, 1.54) is 12.8 Å². The van der Waals surface area contributed by atoms with Gasteiger partial charge >= 0.3 is 0 Å². The van der Waals surface area contributed by atoms with Gasteiger partial charge < -0.3 is 19.8 Å². The summed E-state index contributed by atoms with van der Waals surface area (Å²) in [7, 11) is 9.40. The molecule has 1 N–H and O–H groups in total. The highest BCUT2D eigenvalue weighted by Gasteiger charge is 2.36. The van der Waals surface area contributed by atoms with Gasteiger partial charge in [0.25, 0.3) is 0 Å². The first kappa shape index (κ1) is 63.9. The summed E-state index contributed by atoms with van der Waals surface area (Å²) in [6, 6.07) is 2.34. The lowest BCUT2D eigenvalue weighted by Gasteiger charge is -2.39. The van der Waals surface area contributed by atoms with E-state index in [9.17, 15) is 24.8 Å². The second kappa shape index (κ2) is 24.7. The summed E-state index contributed by atoms with van der Waals surface area (Å²) in [4.78, 5) is 48.4. The minimum Gasteiger partial charge on any atom is -0.394 e. The molecule has 342 valence electrons. The van der Waals surface area contributed by atoms with Crippen molar-refractivity contribution in [3.63, 3.8) is 0 Å². The average Bonchev–Trinajstić information content (AvgIpc) is 3.47. The van der Waals surface area contributed by atoms with Crippen molar-refractivity contribution in [2.45, 2.75) is 194 Å². The van der Waals surface area contributed by atoms with Gasteiger partial charge in [0.15, 0.2) is 0 Å². The van der Waals surface area contributed by atoms with Gasteiger partial charge in [0.1, 0.15) is 6.04 Å². The minimum atomic E-state index is -0.414. The fourth-order valence-corrected chi connectivity index (χ4v) is 6.10. The molecule has 0 aliphatic carbocycles. The van der Waals surface area contributed by atoms with E-state index in [1.54, 1.807) is 23.9 Å². The molecule has 0 saturated carbocycles. The molecule has 0 aromatic rings. The van der Waals surface area contributed by atoms with Crippen LogP contribution < -0.4 is 0 Å². The molecule has 1 heterocycles. The Hall–Kier alpha value is -2.26. The monoisotopic (exact) mass is 814 g/mol.